The van der Waals surface area contributed by atoms with Gasteiger partial charge in [-0.25, -0.2) is 9.97 Å². The van der Waals surface area contributed by atoms with Gasteiger partial charge in [0.1, 0.15) is 17.5 Å². The minimum absolute atomic E-state index is 0.804. The molecule has 2 N–H and O–H groups in total. The Morgan fingerprint density at radius 2 is 1.90 bits per heavy atom. The standard InChI is InChI=1S/C15H22N4S/c1-4-6-13-18-14(16-5-2)11(3)15(19-13)17-9-12-7-8-20-10-12/h7-8,10H,4-6,9H2,1-3H3,(H2,16,17,18,19). The SMILES string of the molecule is CCCc1nc(NCC)c(C)c(NCc2ccsc2)n1. The van der Waals surface area contributed by atoms with Crippen LogP contribution in [0.5, 0.6) is 0 Å². The lowest BCUT2D eigenvalue weighted by Crippen LogP contribution is -2.11. The summed E-state index contributed by atoms with van der Waals surface area (Å²) in [5.74, 6) is 2.78. The van der Waals surface area contributed by atoms with Crippen molar-refractivity contribution in [3.8, 4) is 0 Å². The summed E-state index contributed by atoms with van der Waals surface area (Å²) in [4.78, 5) is 9.24. The molecule has 0 atom stereocenters. The van der Waals surface area contributed by atoms with Gasteiger partial charge >= 0.3 is 0 Å². The van der Waals surface area contributed by atoms with E-state index < -0.39 is 0 Å². The molecule has 108 valence electrons. The fourth-order valence-corrected chi connectivity index (χ4v) is 2.66. The zero-order valence-electron chi connectivity index (χ0n) is 12.4. The predicted octanol–water partition coefficient (Wildman–Crippen LogP) is 3.84. The highest BCUT2D eigenvalue weighted by Gasteiger charge is 2.10. The van der Waals surface area contributed by atoms with Crippen molar-refractivity contribution in [2.24, 2.45) is 0 Å². The van der Waals surface area contributed by atoms with E-state index >= 15 is 0 Å². The molecule has 0 saturated carbocycles. The van der Waals surface area contributed by atoms with Crippen molar-refractivity contribution in [3.05, 3.63) is 33.8 Å². The Labute approximate surface area is 124 Å². The molecule has 0 aliphatic rings. The van der Waals surface area contributed by atoms with E-state index in [0.29, 0.717) is 0 Å². The first-order valence-electron chi connectivity index (χ1n) is 7.10. The highest BCUT2D eigenvalue weighted by molar-refractivity contribution is 7.07. The molecule has 0 aliphatic carbocycles. The maximum Gasteiger partial charge on any atom is 0.135 e. The third-order valence-corrected chi connectivity index (χ3v) is 3.78. The summed E-state index contributed by atoms with van der Waals surface area (Å²) in [6, 6.07) is 2.13. The van der Waals surface area contributed by atoms with Crippen LogP contribution in [-0.4, -0.2) is 16.5 Å². The van der Waals surface area contributed by atoms with E-state index in [1.165, 1.54) is 5.56 Å². The summed E-state index contributed by atoms with van der Waals surface area (Å²) >= 11 is 1.72. The molecule has 0 saturated heterocycles. The van der Waals surface area contributed by atoms with Gasteiger partial charge in [-0.1, -0.05) is 6.92 Å². The number of hydrogen-bond donors (Lipinski definition) is 2. The molecule has 2 aromatic heterocycles. The van der Waals surface area contributed by atoms with E-state index in [2.05, 4.69) is 58.2 Å². The number of nitrogens with one attached hydrogen (secondary N) is 2. The van der Waals surface area contributed by atoms with Crippen molar-refractivity contribution < 1.29 is 0 Å². The zero-order chi connectivity index (χ0) is 14.4. The topological polar surface area (TPSA) is 49.8 Å². The van der Waals surface area contributed by atoms with Crippen molar-refractivity contribution in [2.45, 2.75) is 40.2 Å². The molecular weight excluding hydrogens is 268 g/mol. The third-order valence-electron chi connectivity index (χ3n) is 3.05. The highest BCUT2D eigenvalue weighted by atomic mass is 32.1. The Morgan fingerprint density at radius 1 is 1.15 bits per heavy atom. The van der Waals surface area contributed by atoms with Gasteiger partial charge in [-0.3, -0.25) is 0 Å². The first kappa shape index (κ1) is 14.8. The number of nitrogens with zero attached hydrogens (tertiary/aromatic N) is 2. The second-order valence-electron chi connectivity index (χ2n) is 4.73. The van der Waals surface area contributed by atoms with Crippen molar-refractivity contribution in [1.82, 2.24) is 9.97 Å². The van der Waals surface area contributed by atoms with Crippen LogP contribution in [-0.2, 0) is 13.0 Å². The maximum atomic E-state index is 4.65. The molecular formula is C15H22N4S. The molecule has 0 fully saturated rings. The van der Waals surface area contributed by atoms with Crippen molar-refractivity contribution in [2.75, 3.05) is 17.2 Å². The lowest BCUT2D eigenvalue weighted by Gasteiger charge is -2.14. The van der Waals surface area contributed by atoms with Gasteiger partial charge in [0.25, 0.3) is 0 Å². The summed E-state index contributed by atoms with van der Waals surface area (Å²) < 4.78 is 0. The highest BCUT2D eigenvalue weighted by Crippen LogP contribution is 2.21. The Kier molecular flexibility index (Phi) is 5.35. The second-order valence-corrected chi connectivity index (χ2v) is 5.51. The molecule has 20 heavy (non-hydrogen) atoms. The normalized spacial score (nSPS) is 10.6. The Bertz CT molecular complexity index is 537. The van der Waals surface area contributed by atoms with Crippen LogP contribution in [0.1, 0.15) is 37.2 Å². The number of aryl methyl sites for hydroxylation is 1. The number of hydrogen-bond acceptors (Lipinski definition) is 5. The molecule has 0 amide bonds. The summed E-state index contributed by atoms with van der Waals surface area (Å²) in [6.07, 6.45) is 1.96. The first-order chi connectivity index (χ1) is 9.74. The fourth-order valence-electron chi connectivity index (χ4n) is 1.99. The zero-order valence-corrected chi connectivity index (χ0v) is 13.2. The molecule has 4 nitrogen and oxygen atoms in total. The molecule has 0 radical (unpaired) electrons. The van der Waals surface area contributed by atoms with Crippen LogP contribution in [0.4, 0.5) is 11.6 Å². The van der Waals surface area contributed by atoms with E-state index in [1.807, 2.05) is 0 Å². The average Bonchev–Trinajstić information content (AvgIpc) is 2.94. The van der Waals surface area contributed by atoms with Gasteiger partial charge in [0, 0.05) is 25.1 Å². The summed E-state index contributed by atoms with van der Waals surface area (Å²) in [5.41, 5.74) is 2.37. The molecule has 0 aliphatic heterocycles. The van der Waals surface area contributed by atoms with Gasteiger partial charge in [-0.2, -0.15) is 11.3 Å². The lowest BCUT2D eigenvalue weighted by molar-refractivity contribution is 0.830. The molecule has 0 spiro atoms. The third kappa shape index (κ3) is 3.70. The first-order valence-corrected chi connectivity index (χ1v) is 8.05. The molecule has 0 unspecified atom stereocenters. The van der Waals surface area contributed by atoms with E-state index in [4.69, 9.17) is 0 Å². The lowest BCUT2D eigenvalue weighted by atomic mass is 10.2. The largest absolute Gasteiger partial charge is 0.370 e. The van der Waals surface area contributed by atoms with Gasteiger partial charge in [0.15, 0.2) is 0 Å². The minimum Gasteiger partial charge on any atom is -0.370 e. The van der Waals surface area contributed by atoms with Gasteiger partial charge < -0.3 is 10.6 Å². The number of anilines is 2. The molecule has 0 bridgehead atoms. The van der Waals surface area contributed by atoms with Crippen molar-refractivity contribution in [1.29, 1.82) is 0 Å². The molecule has 2 rings (SSSR count). The minimum atomic E-state index is 0.804. The predicted molar refractivity (Wildman–Crippen MR) is 86.6 cm³/mol. The monoisotopic (exact) mass is 290 g/mol. The van der Waals surface area contributed by atoms with Crippen LogP contribution in [0, 0.1) is 6.92 Å². The smallest absolute Gasteiger partial charge is 0.135 e. The average molecular weight is 290 g/mol. The van der Waals surface area contributed by atoms with Crippen LogP contribution >= 0.6 is 11.3 Å². The van der Waals surface area contributed by atoms with Crippen molar-refractivity contribution >= 4 is 23.0 Å². The van der Waals surface area contributed by atoms with Crippen LogP contribution in [0.3, 0.4) is 0 Å². The van der Waals surface area contributed by atoms with E-state index in [9.17, 15) is 0 Å². The van der Waals surface area contributed by atoms with E-state index in [0.717, 1.165) is 49.0 Å². The molecule has 2 heterocycles. The Balaban J connectivity index is 2.20. The molecule has 2 aromatic rings. The van der Waals surface area contributed by atoms with Gasteiger partial charge in [0.05, 0.1) is 0 Å². The van der Waals surface area contributed by atoms with Crippen LogP contribution < -0.4 is 10.6 Å². The summed E-state index contributed by atoms with van der Waals surface area (Å²) in [5, 5.41) is 11.0. The summed E-state index contributed by atoms with van der Waals surface area (Å²) in [6.45, 7) is 7.96. The van der Waals surface area contributed by atoms with Gasteiger partial charge in [0.2, 0.25) is 0 Å². The van der Waals surface area contributed by atoms with Crippen LogP contribution in [0.2, 0.25) is 0 Å². The second kappa shape index (κ2) is 7.24. The van der Waals surface area contributed by atoms with Gasteiger partial charge in [-0.05, 0) is 42.7 Å². The quantitative estimate of drug-likeness (QED) is 0.813. The number of rotatable bonds is 7. The number of aromatic nitrogens is 2. The van der Waals surface area contributed by atoms with Gasteiger partial charge in [-0.15, -0.1) is 0 Å². The van der Waals surface area contributed by atoms with E-state index in [1.54, 1.807) is 11.3 Å². The Hall–Kier alpha value is -1.62. The van der Waals surface area contributed by atoms with Crippen LogP contribution in [0.25, 0.3) is 0 Å². The van der Waals surface area contributed by atoms with Crippen LogP contribution in [0.15, 0.2) is 16.8 Å². The number of thiophene rings is 1. The Morgan fingerprint density at radius 3 is 2.50 bits per heavy atom. The fraction of sp³-hybridized carbons (Fsp3) is 0.467. The van der Waals surface area contributed by atoms with E-state index in [-0.39, 0.29) is 0 Å². The van der Waals surface area contributed by atoms with Crippen molar-refractivity contribution in [3.63, 3.8) is 0 Å². The molecule has 5 heteroatoms. The summed E-state index contributed by atoms with van der Waals surface area (Å²) in [7, 11) is 0. The molecule has 0 aromatic carbocycles. The maximum absolute atomic E-state index is 4.65.